The van der Waals surface area contributed by atoms with E-state index in [-0.39, 0.29) is 16.9 Å². The number of ketones is 2. The molecule has 2 aromatic rings. The molecule has 0 radical (unpaired) electrons. The molecule has 23 heavy (non-hydrogen) atoms. The second kappa shape index (κ2) is 4.36. The number of hydrogen-bond donors (Lipinski definition) is 1. The molecular formula is C18H12O5. The van der Waals surface area contributed by atoms with Gasteiger partial charge in [-0.1, -0.05) is 54.6 Å². The first-order valence-electron chi connectivity index (χ1n) is 7.19. The van der Waals surface area contributed by atoms with Crippen LogP contribution in [0.2, 0.25) is 0 Å². The van der Waals surface area contributed by atoms with Crippen LogP contribution in [0.1, 0.15) is 32.7 Å². The average molecular weight is 308 g/mol. The van der Waals surface area contributed by atoms with E-state index in [0.29, 0.717) is 5.56 Å². The summed E-state index contributed by atoms with van der Waals surface area (Å²) in [4.78, 5) is 37.2. The van der Waals surface area contributed by atoms with E-state index >= 15 is 0 Å². The Kier molecular flexibility index (Phi) is 2.63. The summed E-state index contributed by atoms with van der Waals surface area (Å²) in [7, 11) is 0. The minimum absolute atomic E-state index is 0.225. The van der Waals surface area contributed by atoms with E-state index in [0.717, 1.165) is 0 Å². The maximum Gasteiger partial charge on any atom is 0.306 e. The fourth-order valence-corrected chi connectivity index (χ4v) is 3.51. The molecule has 4 rings (SSSR count). The Balaban J connectivity index is 1.98. The van der Waals surface area contributed by atoms with E-state index in [4.69, 9.17) is 4.74 Å². The first-order valence-corrected chi connectivity index (χ1v) is 7.19. The highest BCUT2D eigenvalue weighted by molar-refractivity contribution is 6.25. The highest BCUT2D eigenvalue weighted by atomic mass is 16.6. The number of aliphatic carboxylic acids is 1. The van der Waals surface area contributed by atoms with Crippen LogP contribution in [0.3, 0.4) is 0 Å². The third-order valence-corrected chi connectivity index (χ3v) is 4.54. The van der Waals surface area contributed by atoms with Crippen molar-refractivity contribution in [2.45, 2.75) is 17.6 Å². The van der Waals surface area contributed by atoms with Crippen LogP contribution in [0, 0.1) is 0 Å². The zero-order valence-corrected chi connectivity index (χ0v) is 12.0. The molecule has 0 saturated carbocycles. The Hall–Kier alpha value is -2.79. The van der Waals surface area contributed by atoms with Crippen molar-refractivity contribution in [1.82, 2.24) is 0 Å². The Labute approximate surface area is 131 Å². The summed E-state index contributed by atoms with van der Waals surface area (Å²) in [5, 5.41) is 9.23. The number of carboxylic acids is 1. The van der Waals surface area contributed by atoms with Crippen molar-refractivity contribution in [2.24, 2.45) is 0 Å². The second-order valence-corrected chi connectivity index (χ2v) is 5.75. The van der Waals surface area contributed by atoms with E-state index in [1.54, 1.807) is 48.5 Å². The molecule has 2 atom stereocenters. The molecule has 1 fully saturated rings. The minimum atomic E-state index is -1.65. The molecular weight excluding hydrogens is 296 g/mol. The molecule has 0 aromatic heterocycles. The van der Waals surface area contributed by atoms with Gasteiger partial charge in [-0.15, -0.1) is 0 Å². The number of rotatable bonds is 3. The van der Waals surface area contributed by atoms with Crippen LogP contribution in [0.5, 0.6) is 0 Å². The van der Waals surface area contributed by atoms with Gasteiger partial charge < -0.3 is 9.84 Å². The van der Waals surface area contributed by atoms with Gasteiger partial charge in [0.15, 0.2) is 17.0 Å². The monoisotopic (exact) mass is 308 g/mol. The van der Waals surface area contributed by atoms with Crippen LogP contribution in [-0.2, 0) is 15.1 Å². The normalized spacial score (nSPS) is 28.0. The number of epoxide rings is 1. The molecule has 2 aromatic carbocycles. The number of carboxylic acid groups (broad SMARTS) is 1. The van der Waals surface area contributed by atoms with Gasteiger partial charge in [-0.05, 0) is 5.56 Å². The lowest BCUT2D eigenvalue weighted by Gasteiger charge is -2.24. The van der Waals surface area contributed by atoms with Crippen LogP contribution in [0.15, 0.2) is 54.6 Å². The predicted molar refractivity (Wildman–Crippen MR) is 79.3 cm³/mol. The van der Waals surface area contributed by atoms with Gasteiger partial charge in [-0.3, -0.25) is 14.4 Å². The van der Waals surface area contributed by atoms with Gasteiger partial charge in [0.25, 0.3) is 0 Å². The van der Waals surface area contributed by atoms with Crippen LogP contribution in [-0.4, -0.2) is 28.2 Å². The molecule has 2 unspecified atom stereocenters. The zero-order valence-electron chi connectivity index (χ0n) is 12.0. The largest absolute Gasteiger partial charge is 0.481 e. The minimum Gasteiger partial charge on any atom is -0.481 e. The van der Waals surface area contributed by atoms with E-state index in [9.17, 15) is 19.5 Å². The molecule has 0 spiro atoms. The third kappa shape index (κ3) is 1.57. The molecule has 1 aliphatic heterocycles. The molecule has 5 nitrogen and oxygen atoms in total. The van der Waals surface area contributed by atoms with Crippen molar-refractivity contribution in [1.29, 1.82) is 0 Å². The molecule has 5 heteroatoms. The maximum atomic E-state index is 13.0. The summed E-state index contributed by atoms with van der Waals surface area (Å²) in [6.07, 6.45) is -0.541. The molecule has 0 bridgehead atoms. The lowest BCUT2D eigenvalue weighted by molar-refractivity contribution is -0.138. The lowest BCUT2D eigenvalue weighted by Crippen LogP contribution is -2.44. The lowest BCUT2D eigenvalue weighted by atomic mass is 9.70. The van der Waals surface area contributed by atoms with Gasteiger partial charge in [-0.25, -0.2) is 0 Å². The maximum absolute atomic E-state index is 13.0. The van der Waals surface area contributed by atoms with Gasteiger partial charge in [0.05, 0.1) is 6.42 Å². The number of ether oxygens (including phenoxy) is 1. The summed E-state index contributed by atoms with van der Waals surface area (Å²) in [6, 6.07) is 15.1. The number of fused-ring (bicyclic) bond motifs is 2. The molecule has 114 valence electrons. The number of hydrogen-bond acceptors (Lipinski definition) is 4. The summed E-state index contributed by atoms with van der Waals surface area (Å²) in [5.74, 6) is -1.98. The van der Waals surface area contributed by atoms with Gasteiger partial charge >= 0.3 is 5.97 Å². The fraction of sp³-hybridized carbons (Fsp3) is 0.167. The highest BCUT2D eigenvalue weighted by Gasteiger charge is 2.81. The third-order valence-electron chi connectivity index (χ3n) is 4.54. The van der Waals surface area contributed by atoms with Crippen molar-refractivity contribution in [3.8, 4) is 0 Å². The smallest absolute Gasteiger partial charge is 0.306 e. The van der Waals surface area contributed by atoms with Crippen molar-refractivity contribution < 1.29 is 24.2 Å². The fourth-order valence-electron chi connectivity index (χ4n) is 3.51. The second-order valence-electron chi connectivity index (χ2n) is 5.75. The van der Waals surface area contributed by atoms with Crippen molar-refractivity contribution >= 4 is 17.5 Å². The Morgan fingerprint density at radius 1 is 0.913 bits per heavy atom. The van der Waals surface area contributed by atoms with Gasteiger partial charge in [0, 0.05) is 11.1 Å². The van der Waals surface area contributed by atoms with E-state index < -0.39 is 29.4 Å². The highest BCUT2D eigenvalue weighted by Crippen LogP contribution is 2.63. The van der Waals surface area contributed by atoms with Crippen molar-refractivity contribution in [2.75, 3.05) is 0 Å². The number of benzene rings is 2. The van der Waals surface area contributed by atoms with Crippen LogP contribution >= 0.6 is 0 Å². The standard InChI is InChI=1S/C18H12O5/c19-14(20)10-17-15(21)12-8-4-5-9-13(12)16(22)18(17,23-17)11-6-2-1-3-7-11/h1-9H,10H2,(H,19,20). The summed E-state index contributed by atoms with van der Waals surface area (Å²) in [6.45, 7) is 0. The van der Waals surface area contributed by atoms with Crippen molar-refractivity contribution in [3.63, 3.8) is 0 Å². The van der Waals surface area contributed by atoms with Gasteiger partial charge in [-0.2, -0.15) is 0 Å². The van der Waals surface area contributed by atoms with Gasteiger partial charge in [0.2, 0.25) is 5.78 Å². The van der Waals surface area contributed by atoms with Gasteiger partial charge in [0.1, 0.15) is 0 Å². The summed E-state index contributed by atoms with van der Waals surface area (Å²) in [5.41, 5.74) is -2.17. The Morgan fingerprint density at radius 3 is 2.09 bits per heavy atom. The summed E-state index contributed by atoms with van der Waals surface area (Å²) < 4.78 is 5.68. The van der Waals surface area contributed by atoms with E-state index in [2.05, 4.69) is 0 Å². The zero-order chi connectivity index (χ0) is 16.2. The molecule has 1 aliphatic carbocycles. The number of carbonyl (C=O) groups excluding carboxylic acids is 2. The molecule has 0 amide bonds. The molecule has 2 aliphatic rings. The number of Topliss-reactive ketones (excluding diaryl/α,β-unsaturated/α-hetero) is 2. The first-order chi connectivity index (χ1) is 11.0. The Morgan fingerprint density at radius 2 is 1.48 bits per heavy atom. The molecule has 1 heterocycles. The topological polar surface area (TPSA) is 84.0 Å². The molecule has 1 saturated heterocycles. The van der Waals surface area contributed by atoms with E-state index in [1.165, 1.54) is 6.07 Å². The van der Waals surface area contributed by atoms with Crippen molar-refractivity contribution in [3.05, 3.63) is 71.3 Å². The predicted octanol–water partition coefficient (Wildman–Crippen LogP) is 2.20. The molecule has 1 N–H and O–H groups in total. The first kappa shape index (κ1) is 13.8. The van der Waals surface area contributed by atoms with E-state index in [1.807, 2.05) is 0 Å². The Bertz CT molecular complexity index is 857. The SMILES string of the molecule is O=C(O)CC12OC1(c1ccccc1)C(=O)c1ccccc1C2=O. The quantitative estimate of drug-likeness (QED) is 0.879. The van der Waals surface area contributed by atoms with Crippen LogP contribution < -0.4 is 0 Å². The summed E-state index contributed by atoms with van der Waals surface area (Å²) >= 11 is 0. The number of carbonyl (C=O) groups is 3. The average Bonchev–Trinajstić information content (AvgIpc) is 3.24. The van der Waals surface area contributed by atoms with Crippen LogP contribution in [0.25, 0.3) is 0 Å². The van der Waals surface area contributed by atoms with Crippen LogP contribution in [0.4, 0.5) is 0 Å².